The minimum Gasteiger partial charge on any atom is -0.495 e. The maximum atomic E-state index is 12.3. The van der Waals surface area contributed by atoms with Gasteiger partial charge in [-0.2, -0.15) is 5.10 Å². The summed E-state index contributed by atoms with van der Waals surface area (Å²) < 4.78 is 7.44. The molecule has 4 aromatic rings. The molecule has 0 aliphatic heterocycles. The molecule has 0 bridgehead atoms. The van der Waals surface area contributed by atoms with E-state index in [0.29, 0.717) is 5.75 Å². The van der Waals surface area contributed by atoms with Gasteiger partial charge in [-0.15, -0.1) is 0 Å². The van der Waals surface area contributed by atoms with Gasteiger partial charge >= 0.3 is 0 Å². The third kappa shape index (κ3) is 4.28. The highest BCUT2D eigenvalue weighted by Crippen LogP contribution is 2.31. The van der Waals surface area contributed by atoms with E-state index in [0.717, 1.165) is 33.4 Å². The minimum absolute atomic E-state index is 0.0821. The Morgan fingerprint density at radius 2 is 1.71 bits per heavy atom. The van der Waals surface area contributed by atoms with E-state index in [1.165, 1.54) is 0 Å². The monoisotopic (exact) mass is 412 g/mol. The van der Waals surface area contributed by atoms with Gasteiger partial charge in [0.05, 0.1) is 31.3 Å². The van der Waals surface area contributed by atoms with Crippen LogP contribution in [0.4, 0.5) is 5.69 Å². The lowest BCUT2D eigenvalue weighted by Gasteiger charge is -2.09. The lowest BCUT2D eigenvalue weighted by molar-refractivity contribution is -0.119. The molecule has 0 saturated heterocycles. The molecule has 0 radical (unpaired) electrons. The number of ether oxygens (including phenoxy) is 1. The van der Waals surface area contributed by atoms with Gasteiger partial charge in [-0.25, -0.2) is 5.43 Å². The zero-order valence-electron chi connectivity index (χ0n) is 17.5. The second kappa shape index (κ2) is 9.17. The molecule has 3 aromatic carbocycles. The van der Waals surface area contributed by atoms with Gasteiger partial charge in [0.1, 0.15) is 5.75 Å². The number of hydrogen-bond acceptors (Lipinski definition) is 4. The van der Waals surface area contributed by atoms with E-state index in [1.807, 2.05) is 61.6 Å². The van der Waals surface area contributed by atoms with E-state index < -0.39 is 0 Å². The van der Waals surface area contributed by atoms with E-state index >= 15 is 0 Å². The van der Waals surface area contributed by atoms with Crippen LogP contribution in [0.15, 0.2) is 84.0 Å². The van der Waals surface area contributed by atoms with Gasteiger partial charge in [0.2, 0.25) is 0 Å². The standard InChI is InChI=1S/C25H24N4O2/c1-29-22-14-8-6-12-19(22)20(25(29)18-10-4-3-5-11-18)16-27-28-24(30)17-26-21-13-7-9-15-23(21)31-2/h3-16,26H,17H2,1-2H3,(H,28,30)/b27-16-. The summed E-state index contributed by atoms with van der Waals surface area (Å²) in [5, 5.41) is 8.38. The largest absolute Gasteiger partial charge is 0.495 e. The Morgan fingerprint density at radius 3 is 2.52 bits per heavy atom. The number of carbonyl (C=O) groups is 1. The van der Waals surface area contributed by atoms with Gasteiger partial charge in [-0.1, -0.05) is 60.7 Å². The molecule has 0 saturated carbocycles. The van der Waals surface area contributed by atoms with Gasteiger partial charge in [-0.3, -0.25) is 4.79 Å². The fourth-order valence-corrected chi connectivity index (χ4v) is 3.67. The van der Waals surface area contributed by atoms with Gasteiger partial charge in [-0.05, 0) is 23.8 Å². The van der Waals surface area contributed by atoms with Crippen LogP contribution in [-0.2, 0) is 11.8 Å². The number of fused-ring (bicyclic) bond motifs is 1. The number of hydrogen-bond donors (Lipinski definition) is 2. The molecule has 0 atom stereocenters. The number of aryl methyl sites for hydroxylation is 1. The quantitative estimate of drug-likeness (QED) is 0.349. The summed E-state index contributed by atoms with van der Waals surface area (Å²) in [6, 6.07) is 25.8. The first-order valence-electron chi connectivity index (χ1n) is 10.0. The summed E-state index contributed by atoms with van der Waals surface area (Å²) in [7, 11) is 3.64. The van der Waals surface area contributed by atoms with Crippen LogP contribution < -0.4 is 15.5 Å². The van der Waals surface area contributed by atoms with Crippen molar-refractivity contribution in [3.63, 3.8) is 0 Å². The summed E-state index contributed by atoms with van der Waals surface area (Å²) in [6.07, 6.45) is 1.71. The summed E-state index contributed by atoms with van der Waals surface area (Å²) >= 11 is 0. The van der Waals surface area contributed by atoms with Crippen molar-refractivity contribution in [2.45, 2.75) is 0 Å². The molecule has 2 N–H and O–H groups in total. The summed E-state index contributed by atoms with van der Waals surface area (Å²) in [6.45, 7) is 0.0821. The molecule has 0 fully saturated rings. The highest BCUT2D eigenvalue weighted by molar-refractivity contribution is 6.06. The number of amides is 1. The Morgan fingerprint density at radius 1 is 1.00 bits per heavy atom. The van der Waals surface area contributed by atoms with Gasteiger partial charge in [0, 0.05) is 23.5 Å². The third-order valence-corrected chi connectivity index (χ3v) is 5.12. The molecule has 1 amide bonds. The van der Waals surface area contributed by atoms with Crippen molar-refractivity contribution in [2.24, 2.45) is 12.1 Å². The average Bonchev–Trinajstić information content (AvgIpc) is 3.10. The van der Waals surface area contributed by atoms with E-state index in [2.05, 4.69) is 44.7 Å². The number of para-hydroxylation sites is 3. The molecule has 0 aliphatic rings. The molecular weight excluding hydrogens is 388 g/mol. The predicted octanol–water partition coefficient (Wildman–Crippen LogP) is 4.42. The normalized spacial score (nSPS) is 11.0. The molecule has 31 heavy (non-hydrogen) atoms. The van der Waals surface area contributed by atoms with Crippen molar-refractivity contribution < 1.29 is 9.53 Å². The fraction of sp³-hybridized carbons (Fsp3) is 0.120. The minimum atomic E-state index is -0.247. The van der Waals surface area contributed by atoms with Crippen molar-refractivity contribution >= 4 is 28.7 Å². The number of nitrogens with zero attached hydrogens (tertiary/aromatic N) is 2. The summed E-state index contributed by atoms with van der Waals surface area (Å²) in [5.74, 6) is 0.436. The van der Waals surface area contributed by atoms with Gasteiger partial charge in [0.25, 0.3) is 5.91 Å². The number of carbonyl (C=O) groups excluding carboxylic acids is 1. The second-order valence-electron chi connectivity index (χ2n) is 7.05. The topological polar surface area (TPSA) is 67.7 Å². The van der Waals surface area contributed by atoms with Crippen LogP contribution in [0.5, 0.6) is 5.75 Å². The number of benzene rings is 3. The van der Waals surface area contributed by atoms with Crippen molar-refractivity contribution in [2.75, 3.05) is 19.0 Å². The number of methoxy groups -OCH3 is 1. The first-order chi connectivity index (χ1) is 15.2. The summed E-state index contributed by atoms with van der Waals surface area (Å²) in [4.78, 5) is 12.3. The van der Waals surface area contributed by atoms with Crippen LogP contribution in [0.25, 0.3) is 22.2 Å². The van der Waals surface area contributed by atoms with Crippen molar-refractivity contribution in [3.8, 4) is 17.0 Å². The van der Waals surface area contributed by atoms with Crippen LogP contribution in [0.2, 0.25) is 0 Å². The molecule has 0 aliphatic carbocycles. The summed E-state index contributed by atoms with van der Waals surface area (Å²) in [5.41, 5.74) is 7.57. The van der Waals surface area contributed by atoms with E-state index in [4.69, 9.17) is 4.74 Å². The van der Waals surface area contributed by atoms with Crippen molar-refractivity contribution in [1.29, 1.82) is 0 Å². The highest BCUT2D eigenvalue weighted by atomic mass is 16.5. The number of anilines is 1. The number of hydrazone groups is 1. The molecule has 6 nitrogen and oxygen atoms in total. The van der Waals surface area contributed by atoms with Gasteiger partial charge < -0.3 is 14.6 Å². The Kier molecular flexibility index (Phi) is 5.98. The Labute approximate surface area is 181 Å². The number of aromatic nitrogens is 1. The smallest absolute Gasteiger partial charge is 0.259 e. The molecule has 0 spiro atoms. The van der Waals surface area contributed by atoms with E-state index in [-0.39, 0.29) is 12.5 Å². The Balaban J connectivity index is 1.54. The third-order valence-electron chi connectivity index (χ3n) is 5.12. The van der Waals surface area contributed by atoms with Crippen LogP contribution >= 0.6 is 0 Å². The zero-order valence-corrected chi connectivity index (χ0v) is 17.5. The average molecular weight is 412 g/mol. The lowest BCUT2D eigenvalue weighted by atomic mass is 10.1. The Bertz CT molecular complexity index is 1230. The van der Waals surface area contributed by atoms with Crippen LogP contribution in [0.3, 0.4) is 0 Å². The Hall–Kier alpha value is -4.06. The van der Waals surface area contributed by atoms with Crippen molar-refractivity contribution in [3.05, 3.63) is 84.4 Å². The first kappa shape index (κ1) is 20.2. The fourth-order valence-electron chi connectivity index (χ4n) is 3.67. The molecule has 4 rings (SSSR count). The molecule has 0 unspecified atom stereocenters. The molecule has 6 heteroatoms. The predicted molar refractivity (Wildman–Crippen MR) is 126 cm³/mol. The second-order valence-corrected chi connectivity index (χ2v) is 7.05. The maximum Gasteiger partial charge on any atom is 0.259 e. The van der Waals surface area contributed by atoms with Crippen LogP contribution in [-0.4, -0.2) is 30.3 Å². The van der Waals surface area contributed by atoms with Crippen LogP contribution in [0.1, 0.15) is 5.56 Å². The highest BCUT2D eigenvalue weighted by Gasteiger charge is 2.15. The van der Waals surface area contributed by atoms with Gasteiger partial charge in [0.15, 0.2) is 0 Å². The lowest BCUT2D eigenvalue weighted by Crippen LogP contribution is -2.26. The maximum absolute atomic E-state index is 12.3. The molecule has 1 aromatic heterocycles. The first-order valence-corrected chi connectivity index (χ1v) is 10.0. The van der Waals surface area contributed by atoms with Crippen LogP contribution in [0, 0.1) is 0 Å². The molecule has 156 valence electrons. The van der Waals surface area contributed by atoms with E-state index in [1.54, 1.807) is 13.3 Å². The molecule has 1 heterocycles. The van der Waals surface area contributed by atoms with Crippen molar-refractivity contribution in [1.82, 2.24) is 9.99 Å². The number of rotatable bonds is 7. The SMILES string of the molecule is COc1ccccc1NCC(=O)N/N=C\c1c(-c2ccccc2)n(C)c2ccccc12. The molecular formula is C25H24N4O2. The zero-order chi connectivity index (χ0) is 21.6. The van der Waals surface area contributed by atoms with E-state index in [9.17, 15) is 4.79 Å². The number of nitrogens with one attached hydrogen (secondary N) is 2.